The average molecular weight is 225 g/mol. The minimum atomic E-state index is -0.695. The van der Waals surface area contributed by atoms with Crippen LogP contribution < -0.4 is 0 Å². The molecule has 0 aromatic rings. The van der Waals surface area contributed by atoms with Gasteiger partial charge in [0, 0.05) is 12.1 Å². The Hall–Kier alpha value is -0.730. The molecule has 3 atom stereocenters. The van der Waals surface area contributed by atoms with Crippen LogP contribution in [0.4, 0.5) is 4.79 Å². The highest BCUT2D eigenvalue weighted by molar-refractivity contribution is 5.66. The van der Waals surface area contributed by atoms with Gasteiger partial charge in [-0.15, -0.1) is 0 Å². The average Bonchev–Trinajstić information content (AvgIpc) is 2.52. The Balaban J connectivity index is 1.85. The minimum absolute atomic E-state index is 0.336. The molecule has 2 rings (SSSR count). The molecule has 1 amide bonds. The van der Waals surface area contributed by atoms with E-state index in [0.29, 0.717) is 12.1 Å². The van der Waals surface area contributed by atoms with E-state index in [1.54, 1.807) is 4.90 Å². The molecule has 16 heavy (non-hydrogen) atoms. The van der Waals surface area contributed by atoms with Crippen LogP contribution in [0.15, 0.2) is 0 Å². The molecule has 2 aliphatic heterocycles. The lowest BCUT2D eigenvalue weighted by Gasteiger charge is -2.37. The van der Waals surface area contributed by atoms with Crippen molar-refractivity contribution in [1.82, 2.24) is 4.90 Å². The number of hydrogen-bond acceptors (Lipinski definition) is 1. The maximum absolute atomic E-state index is 11.1. The molecular formula is C13H23NO2. The zero-order valence-corrected chi connectivity index (χ0v) is 10.2. The number of nitrogens with zero attached hydrogens (tertiary/aromatic N) is 1. The fourth-order valence-corrected chi connectivity index (χ4v) is 3.52. The largest absolute Gasteiger partial charge is 0.465 e. The molecule has 3 nitrogen and oxygen atoms in total. The van der Waals surface area contributed by atoms with Crippen LogP contribution in [0.25, 0.3) is 0 Å². The van der Waals surface area contributed by atoms with Crippen LogP contribution in [0.2, 0.25) is 0 Å². The van der Waals surface area contributed by atoms with Gasteiger partial charge in [0.1, 0.15) is 0 Å². The third kappa shape index (κ3) is 2.33. The van der Waals surface area contributed by atoms with Crippen molar-refractivity contribution in [1.29, 1.82) is 0 Å². The third-order valence-electron chi connectivity index (χ3n) is 4.27. The summed E-state index contributed by atoms with van der Waals surface area (Å²) in [5, 5.41) is 9.15. The first-order valence-corrected chi connectivity index (χ1v) is 6.73. The molecule has 0 radical (unpaired) electrons. The first-order chi connectivity index (χ1) is 7.72. The Kier molecular flexibility index (Phi) is 3.72. The topological polar surface area (TPSA) is 40.5 Å². The molecule has 1 unspecified atom stereocenters. The summed E-state index contributed by atoms with van der Waals surface area (Å²) >= 11 is 0. The Morgan fingerprint density at radius 3 is 2.38 bits per heavy atom. The van der Waals surface area contributed by atoms with Gasteiger partial charge in [-0.1, -0.05) is 32.6 Å². The second-order valence-corrected chi connectivity index (χ2v) is 5.41. The molecule has 1 N–H and O–H groups in total. The van der Waals surface area contributed by atoms with E-state index in [1.165, 1.54) is 25.7 Å². The van der Waals surface area contributed by atoms with Gasteiger partial charge in [0.25, 0.3) is 0 Å². The molecule has 2 bridgehead atoms. The summed E-state index contributed by atoms with van der Waals surface area (Å²) in [5.41, 5.74) is 0. The van der Waals surface area contributed by atoms with Crippen LogP contribution in [0, 0.1) is 5.92 Å². The zero-order chi connectivity index (χ0) is 11.5. The molecule has 2 fully saturated rings. The number of rotatable bonds is 4. The Bertz CT molecular complexity index is 240. The quantitative estimate of drug-likeness (QED) is 0.744. The minimum Gasteiger partial charge on any atom is -0.465 e. The van der Waals surface area contributed by atoms with E-state index < -0.39 is 6.09 Å². The van der Waals surface area contributed by atoms with Crippen molar-refractivity contribution in [2.24, 2.45) is 5.92 Å². The van der Waals surface area contributed by atoms with Gasteiger partial charge in [0.05, 0.1) is 0 Å². The lowest BCUT2D eigenvalue weighted by Crippen LogP contribution is -2.45. The van der Waals surface area contributed by atoms with Gasteiger partial charge in [0.15, 0.2) is 0 Å². The summed E-state index contributed by atoms with van der Waals surface area (Å²) in [6.45, 7) is 2.23. The Morgan fingerprint density at radius 2 is 1.88 bits per heavy atom. The van der Waals surface area contributed by atoms with Crippen LogP contribution in [-0.2, 0) is 0 Å². The predicted octanol–water partition coefficient (Wildman–Crippen LogP) is 3.49. The summed E-state index contributed by atoms with van der Waals surface area (Å²) in [4.78, 5) is 12.8. The fourth-order valence-electron chi connectivity index (χ4n) is 3.52. The first-order valence-electron chi connectivity index (χ1n) is 6.73. The molecule has 0 aromatic carbocycles. The van der Waals surface area contributed by atoms with Crippen molar-refractivity contribution in [3.05, 3.63) is 0 Å². The highest BCUT2D eigenvalue weighted by Gasteiger charge is 2.42. The standard InChI is InChI=1S/C13H23NO2/c1-2-3-4-5-10-8-11-6-7-12(9-10)14(11)13(15)16/h10-12H,2-9H2,1H3,(H,15,16)/t10?,11-,12+. The van der Waals surface area contributed by atoms with Crippen molar-refractivity contribution < 1.29 is 9.90 Å². The molecule has 0 aliphatic carbocycles. The molecule has 0 spiro atoms. The smallest absolute Gasteiger partial charge is 0.407 e. The molecule has 3 heteroatoms. The molecule has 0 saturated carbocycles. The Labute approximate surface area is 97.8 Å². The van der Waals surface area contributed by atoms with Crippen LogP contribution in [0.5, 0.6) is 0 Å². The van der Waals surface area contributed by atoms with Crippen molar-refractivity contribution in [2.75, 3.05) is 0 Å². The maximum atomic E-state index is 11.1. The SMILES string of the molecule is CCCCCC1C[C@H]2CC[C@@H](C1)N2C(=O)O. The van der Waals surface area contributed by atoms with E-state index >= 15 is 0 Å². The number of fused-ring (bicyclic) bond motifs is 2. The van der Waals surface area contributed by atoms with Crippen LogP contribution in [0.3, 0.4) is 0 Å². The van der Waals surface area contributed by atoms with Gasteiger partial charge in [-0.05, 0) is 31.6 Å². The highest BCUT2D eigenvalue weighted by atomic mass is 16.4. The van der Waals surface area contributed by atoms with Gasteiger partial charge in [0.2, 0.25) is 0 Å². The number of carbonyl (C=O) groups is 1. The highest BCUT2D eigenvalue weighted by Crippen LogP contribution is 2.40. The van der Waals surface area contributed by atoms with Crippen molar-refractivity contribution in [3.8, 4) is 0 Å². The monoisotopic (exact) mass is 225 g/mol. The van der Waals surface area contributed by atoms with E-state index in [2.05, 4.69) is 6.92 Å². The van der Waals surface area contributed by atoms with E-state index in [-0.39, 0.29) is 0 Å². The zero-order valence-electron chi connectivity index (χ0n) is 10.2. The van der Waals surface area contributed by atoms with Gasteiger partial charge in [-0.2, -0.15) is 0 Å². The summed E-state index contributed by atoms with van der Waals surface area (Å²) in [6.07, 6.45) is 8.98. The molecule has 0 aromatic heterocycles. The molecule has 92 valence electrons. The van der Waals surface area contributed by atoms with Crippen molar-refractivity contribution >= 4 is 6.09 Å². The van der Waals surface area contributed by atoms with Crippen molar-refractivity contribution in [2.45, 2.75) is 70.4 Å². The van der Waals surface area contributed by atoms with E-state index in [0.717, 1.165) is 31.6 Å². The van der Waals surface area contributed by atoms with Crippen LogP contribution in [-0.4, -0.2) is 28.2 Å². The maximum Gasteiger partial charge on any atom is 0.407 e. The van der Waals surface area contributed by atoms with E-state index in [4.69, 9.17) is 5.11 Å². The third-order valence-corrected chi connectivity index (χ3v) is 4.27. The summed E-state index contributed by atoms with van der Waals surface area (Å²) in [6, 6.07) is 0.672. The molecular weight excluding hydrogens is 202 g/mol. The van der Waals surface area contributed by atoms with Crippen LogP contribution >= 0.6 is 0 Å². The van der Waals surface area contributed by atoms with Gasteiger partial charge < -0.3 is 10.0 Å². The number of amides is 1. The second-order valence-electron chi connectivity index (χ2n) is 5.41. The molecule has 2 heterocycles. The van der Waals surface area contributed by atoms with Gasteiger partial charge >= 0.3 is 6.09 Å². The molecule has 2 saturated heterocycles. The first kappa shape index (κ1) is 11.7. The normalized spacial score (nSPS) is 33.1. The number of piperidine rings is 1. The van der Waals surface area contributed by atoms with Crippen molar-refractivity contribution in [3.63, 3.8) is 0 Å². The number of hydrogen-bond donors (Lipinski definition) is 1. The summed E-state index contributed by atoms with van der Waals surface area (Å²) < 4.78 is 0. The van der Waals surface area contributed by atoms with Gasteiger partial charge in [-0.25, -0.2) is 4.79 Å². The van der Waals surface area contributed by atoms with E-state index in [9.17, 15) is 4.79 Å². The van der Waals surface area contributed by atoms with Crippen LogP contribution in [0.1, 0.15) is 58.3 Å². The second kappa shape index (κ2) is 5.07. The number of carboxylic acid groups (broad SMARTS) is 1. The predicted molar refractivity (Wildman–Crippen MR) is 63.5 cm³/mol. The fraction of sp³-hybridized carbons (Fsp3) is 0.923. The summed E-state index contributed by atoms with van der Waals surface area (Å²) in [5.74, 6) is 0.791. The van der Waals surface area contributed by atoms with E-state index in [1.807, 2.05) is 0 Å². The van der Waals surface area contributed by atoms with Gasteiger partial charge in [-0.3, -0.25) is 0 Å². The lowest BCUT2D eigenvalue weighted by molar-refractivity contribution is 0.0826. The lowest BCUT2D eigenvalue weighted by atomic mass is 9.87. The number of unbranched alkanes of at least 4 members (excludes halogenated alkanes) is 2. The molecule has 2 aliphatic rings. The summed E-state index contributed by atoms with van der Waals surface area (Å²) in [7, 11) is 0. The Morgan fingerprint density at radius 1 is 1.25 bits per heavy atom.